The van der Waals surface area contributed by atoms with Crippen LogP contribution in [0.25, 0.3) is 5.69 Å². The number of aryl methyl sites for hydroxylation is 2. The molecule has 0 spiro atoms. The molecule has 3 aromatic rings. The molecule has 0 aliphatic carbocycles. The standard InChI is InChI=1S/C25H30FN5O3/c1-4-8-16(3)34-21-14-20(31-25(33)30-12-6-5-11-22(30)29-31)18(26)13-17(21)24(32)28-23-15(2)9-7-10-19(23)27/h7,9-10,13-14,16H,4-6,8,11-12,27H2,1-3H3,(H,28,32)/t16-/m0/s1. The fourth-order valence-electron chi connectivity index (χ4n) is 4.26. The summed E-state index contributed by atoms with van der Waals surface area (Å²) in [6.07, 6.45) is 3.89. The van der Waals surface area contributed by atoms with Crippen LogP contribution < -0.4 is 21.5 Å². The van der Waals surface area contributed by atoms with Crippen LogP contribution in [0.3, 0.4) is 0 Å². The molecule has 2 aromatic carbocycles. The normalized spacial score (nSPS) is 13.9. The molecule has 1 aliphatic rings. The lowest BCUT2D eigenvalue weighted by molar-refractivity contribution is 0.101. The molecule has 180 valence electrons. The maximum absolute atomic E-state index is 15.3. The van der Waals surface area contributed by atoms with Crippen LogP contribution in [0.4, 0.5) is 15.8 Å². The zero-order chi connectivity index (χ0) is 24.4. The summed E-state index contributed by atoms with van der Waals surface area (Å²) in [5.41, 5.74) is 7.25. The molecule has 4 rings (SSSR count). The first-order valence-electron chi connectivity index (χ1n) is 11.7. The van der Waals surface area contributed by atoms with Gasteiger partial charge in [-0.05, 0) is 50.8 Å². The lowest BCUT2D eigenvalue weighted by Crippen LogP contribution is -2.27. The number of anilines is 2. The molecule has 1 amide bonds. The van der Waals surface area contributed by atoms with Gasteiger partial charge in [-0.25, -0.2) is 9.18 Å². The smallest absolute Gasteiger partial charge is 0.350 e. The van der Waals surface area contributed by atoms with Crippen molar-refractivity contribution in [3.63, 3.8) is 0 Å². The second kappa shape index (κ2) is 9.70. The van der Waals surface area contributed by atoms with Gasteiger partial charge < -0.3 is 15.8 Å². The highest BCUT2D eigenvalue weighted by Gasteiger charge is 2.24. The summed E-state index contributed by atoms with van der Waals surface area (Å²) in [7, 11) is 0. The summed E-state index contributed by atoms with van der Waals surface area (Å²) in [5.74, 6) is -0.480. The van der Waals surface area contributed by atoms with Gasteiger partial charge in [-0.2, -0.15) is 4.68 Å². The number of halogens is 1. The first-order chi connectivity index (χ1) is 16.3. The fourth-order valence-corrected chi connectivity index (χ4v) is 4.26. The molecule has 0 saturated heterocycles. The van der Waals surface area contributed by atoms with Crippen molar-refractivity contribution in [2.24, 2.45) is 0 Å². The number of rotatable bonds is 7. The Labute approximate surface area is 197 Å². The molecule has 0 fully saturated rings. The monoisotopic (exact) mass is 467 g/mol. The lowest BCUT2D eigenvalue weighted by Gasteiger charge is -2.19. The van der Waals surface area contributed by atoms with Crippen molar-refractivity contribution in [2.75, 3.05) is 11.1 Å². The number of nitrogen functional groups attached to an aromatic ring is 1. The molecule has 1 atom stereocenters. The molecular formula is C25H30FN5O3. The molecule has 1 aromatic heterocycles. The van der Waals surface area contributed by atoms with Gasteiger partial charge in [0.05, 0.1) is 23.0 Å². The zero-order valence-corrected chi connectivity index (χ0v) is 19.7. The van der Waals surface area contributed by atoms with E-state index in [1.165, 1.54) is 6.07 Å². The minimum atomic E-state index is -0.740. The highest BCUT2D eigenvalue weighted by Crippen LogP contribution is 2.30. The Bertz CT molecular complexity index is 1260. The van der Waals surface area contributed by atoms with Crippen LogP contribution in [0.2, 0.25) is 0 Å². The number of para-hydroxylation sites is 1. The average molecular weight is 468 g/mol. The van der Waals surface area contributed by atoms with E-state index < -0.39 is 17.4 Å². The number of aromatic nitrogens is 3. The largest absolute Gasteiger partial charge is 0.490 e. The van der Waals surface area contributed by atoms with Gasteiger partial charge in [0.1, 0.15) is 23.1 Å². The van der Waals surface area contributed by atoms with Crippen molar-refractivity contribution in [1.29, 1.82) is 0 Å². The number of amides is 1. The minimum absolute atomic E-state index is 0.0175. The molecule has 0 bridgehead atoms. The van der Waals surface area contributed by atoms with Gasteiger partial charge >= 0.3 is 5.69 Å². The number of nitrogens with zero attached hydrogens (tertiary/aromatic N) is 3. The van der Waals surface area contributed by atoms with Crippen LogP contribution in [-0.2, 0) is 13.0 Å². The van der Waals surface area contributed by atoms with Crippen LogP contribution in [0, 0.1) is 12.7 Å². The topological polar surface area (TPSA) is 104 Å². The SMILES string of the molecule is CCC[C@H](C)Oc1cc(-n2nc3n(c2=O)CCCC3)c(F)cc1C(=O)Nc1c(C)cccc1N. The summed E-state index contributed by atoms with van der Waals surface area (Å²) >= 11 is 0. The average Bonchev–Trinajstić information content (AvgIpc) is 3.14. The Morgan fingerprint density at radius 1 is 1.32 bits per heavy atom. The van der Waals surface area contributed by atoms with E-state index in [2.05, 4.69) is 10.4 Å². The van der Waals surface area contributed by atoms with Crippen molar-refractivity contribution in [3.8, 4) is 11.4 Å². The van der Waals surface area contributed by atoms with E-state index in [0.717, 1.165) is 42.0 Å². The number of fused-ring (bicyclic) bond motifs is 1. The minimum Gasteiger partial charge on any atom is -0.490 e. The van der Waals surface area contributed by atoms with Crippen LogP contribution in [0.15, 0.2) is 35.1 Å². The predicted octanol–water partition coefficient (Wildman–Crippen LogP) is 4.22. The van der Waals surface area contributed by atoms with E-state index >= 15 is 4.39 Å². The van der Waals surface area contributed by atoms with Gasteiger partial charge in [0.15, 0.2) is 0 Å². The number of carbonyl (C=O) groups excluding carboxylic acids is 1. The molecule has 34 heavy (non-hydrogen) atoms. The highest BCUT2D eigenvalue weighted by molar-refractivity contribution is 6.08. The molecule has 2 heterocycles. The van der Waals surface area contributed by atoms with E-state index in [1.807, 2.05) is 26.8 Å². The van der Waals surface area contributed by atoms with Crippen molar-refractivity contribution in [2.45, 2.75) is 65.5 Å². The number of benzene rings is 2. The second-order valence-electron chi connectivity index (χ2n) is 8.73. The first kappa shape index (κ1) is 23.5. The molecule has 1 aliphatic heterocycles. The predicted molar refractivity (Wildman–Crippen MR) is 129 cm³/mol. The second-order valence-corrected chi connectivity index (χ2v) is 8.73. The number of ether oxygens (including phenoxy) is 1. The Kier molecular flexibility index (Phi) is 6.72. The van der Waals surface area contributed by atoms with Gasteiger partial charge in [-0.3, -0.25) is 9.36 Å². The molecule has 3 N–H and O–H groups in total. The van der Waals surface area contributed by atoms with Crippen molar-refractivity contribution >= 4 is 17.3 Å². The Morgan fingerprint density at radius 2 is 2.12 bits per heavy atom. The van der Waals surface area contributed by atoms with E-state index in [0.29, 0.717) is 30.2 Å². The van der Waals surface area contributed by atoms with Gasteiger partial charge in [0.2, 0.25) is 0 Å². The number of hydrogen-bond donors (Lipinski definition) is 2. The Morgan fingerprint density at radius 3 is 2.82 bits per heavy atom. The maximum atomic E-state index is 15.3. The summed E-state index contributed by atoms with van der Waals surface area (Å²) < 4.78 is 24.0. The molecule has 0 radical (unpaired) electrons. The third kappa shape index (κ3) is 4.55. The molecule has 0 saturated carbocycles. The Balaban J connectivity index is 1.78. The van der Waals surface area contributed by atoms with Crippen molar-refractivity contribution < 1.29 is 13.9 Å². The van der Waals surface area contributed by atoms with Crippen LogP contribution in [0.1, 0.15) is 61.3 Å². The summed E-state index contributed by atoms with van der Waals surface area (Å²) in [6.45, 7) is 6.29. The highest BCUT2D eigenvalue weighted by atomic mass is 19.1. The van der Waals surface area contributed by atoms with Crippen molar-refractivity contribution in [1.82, 2.24) is 14.3 Å². The van der Waals surface area contributed by atoms with Gasteiger partial charge in [-0.15, -0.1) is 5.10 Å². The number of nitrogens with two attached hydrogens (primary N) is 1. The maximum Gasteiger partial charge on any atom is 0.350 e. The van der Waals surface area contributed by atoms with Gasteiger partial charge in [0.25, 0.3) is 5.91 Å². The lowest BCUT2D eigenvalue weighted by atomic mass is 10.1. The molecular weight excluding hydrogens is 437 g/mol. The van der Waals surface area contributed by atoms with Gasteiger partial charge in [-0.1, -0.05) is 25.5 Å². The number of hydrogen-bond acceptors (Lipinski definition) is 5. The zero-order valence-electron chi connectivity index (χ0n) is 19.7. The quantitative estimate of drug-likeness (QED) is 0.507. The molecule has 0 unspecified atom stereocenters. The summed E-state index contributed by atoms with van der Waals surface area (Å²) in [4.78, 5) is 26.1. The third-order valence-corrected chi connectivity index (χ3v) is 6.06. The third-order valence-electron chi connectivity index (χ3n) is 6.06. The number of carbonyl (C=O) groups is 1. The first-order valence-corrected chi connectivity index (χ1v) is 11.7. The van der Waals surface area contributed by atoms with Crippen LogP contribution >= 0.6 is 0 Å². The molecule has 8 nitrogen and oxygen atoms in total. The van der Waals surface area contributed by atoms with Crippen LogP contribution in [0.5, 0.6) is 5.75 Å². The van der Waals surface area contributed by atoms with E-state index in [4.69, 9.17) is 10.5 Å². The van der Waals surface area contributed by atoms with Crippen molar-refractivity contribution in [3.05, 3.63) is 63.6 Å². The fraction of sp³-hybridized carbons (Fsp3) is 0.400. The van der Waals surface area contributed by atoms with E-state index in [1.54, 1.807) is 16.7 Å². The summed E-state index contributed by atoms with van der Waals surface area (Å²) in [5, 5.41) is 7.14. The number of nitrogens with one attached hydrogen (secondary N) is 1. The molecule has 9 heteroatoms. The van der Waals surface area contributed by atoms with E-state index in [9.17, 15) is 9.59 Å². The summed E-state index contributed by atoms with van der Waals surface area (Å²) in [6, 6.07) is 7.77. The van der Waals surface area contributed by atoms with Crippen LogP contribution in [-0.4, -0.2) is 26.4 Å². The van der Waals surface area contributed by atoms with E-state index in [-0.39, 0.29) is 23.1 Å². The van der Waals surface area contributed by atoms with Gasteiger partial charge in [0, 0.05) is 19.0 Å². The Hall–Kier alpha value is -3.62.